The molecule has 0 atom stereocenters. The number of hydrogen-bond acceptors (Lipinski definition) is 3. The molecule has 5 rings (SSSR count). The van der Waals surface area contributed by atoms with Crippen molar-refractivity contribution in [2.24, 2.45) is 0 Å². The van der Waals surface area contributed by atoms with Crippen LogP contribution in [0, 0.1) is 5.82 Å². The van der Waals surface area contributed by atoms with E-state index in [1.54, 1.807) is 24.4 Å². The second kappa shape index (κ2) is 8.83. The van der Waals surface area contributed by atoms with Gasteiger partial charge in [0.25, 0.3) is 5.91 Å². The largest absolute Gasteiger partial charge is 0.357 e. The number of carbonyl (C=O) groups excluding carboxylic acids is 2. The summed E-state index contributed by atoms with van der Waals surface area (Å²) in [5, 5.41) is 5.92. The molecule has 2 aromatic carbocycles. The summed E-state index contributed by atoms with van der Waals surface area (Å²) in [4.78, 5) is 33.5. The number of fused-ring (bicyclic) bond motifs is 1. The van der Waals surface area contributed by atoms with E-state index < -0.39 is 0 Å². The van der Waals surface area contributed by atoms with E-state index in [2.05, 4.69) is 20.6 Å². The Labute approximate surface area is 202 Å². The molecule has 0 fully saturated rings. The first-order valence-electron chi connectivity index (χ1n) is 11.4. The normalized spacial score (nSPS) is 14.2. The van der Waals surface area contributed by atoms with E-state index in [-0.39, 0.29) is 29.6 Å². The molecular weight excluding hydrogens is 443 g/mol. The summed E-state index contributed by atoms with van der Waals surface area (Å²) < 4.78 is 13.1. The fraction of sp³-hybridized carbons (Fsp3) is 0.179. The number of aromatic nitrogens is 2. The van der Waals surface area contributed by atoms with Gasteiger partial charge in [-0.1, -0.05) is 42.5 Å². The molecule has 4 aromatic rings. The lowest BCUT2D eigenvalue weighted by atomic mass is 9.88. The van der Waals surface area contributed by atoms with Crippen molar-refractivity contribution in [1.29, 1.82) is 0 Å². The van der Waals surface area contributed by atoms with Crippen LogP contribution in [0.4, 0.5) is 10.2 Å². The van der Waals surface area contributed by atoms with Crippen LogP contribution in [-0.2, 0) is 17.6 Å². The van der Waals surface area contributed by atoms with Gasteiger partial charge < -0.3 is 15.6 Å². The molecule has 0 radical (unpaired) electrons. The number of aromatic amines is 1. The highest BCUT2D eigenvalue weighted by Gasteiger charge is 2.35. The van der Waals surface area contributed by atoms with E-state index in [1.807, 2.05) is 50.2 Å². The molecule has 0 saturated carbocycles. The average molecular weight is 469 g/mol. The van der Waals surface area contributed by atoms with Gasteiger partial charge in [-0.2, -0.15) is 0 Å². The Bertz CT molecular complexity index is 1410. The average Bonchev–Trinajstić information content (AvgIpc) is 3.20. The quantitative estimate of drug-likeness (QED) is 0.380. The molecule has 35 heavy (non-hydrogen) atoms. The molecule has 1 aliphatic rings. The second-order valence-corrected chi connectivity index (χ2v) is 9.39. The number of halogens is 1. The highest BCUT2D eigenvalue weighted by Crippen LogP contribution is 2.40. The van der Waals surface area contributed by atoms with Gasteiger partial charge in [0.15, 0.2) is 0 Å². The van der Waals surface area contributed by atoms with Crippen LogP contribution in [0.25, 0.3) is 22.4 Å². The van der Waals surface area contributed by atoms with Crippen molar-refractivity contribution >= 4 is 17.6 Å². The zero-order chi connectivity index (χ0) is 24.6. The summed E-state index contributed by atoms with van der Waals surface area (Å²) >= 11 is 0. The highest BCUT2D eigenvalue weighted by molar-refractivity contribution is 6.07. The predicted molar refractivity (Wildman–Crippen MR) is 133 cm³/mol. The van der Waals surface area contributed by atoms with Crippen LogP contribution in [0.3, 0.4) is 0 Å². The highest BCUT2D eigenvalue weighted by atomic mass is 19.1. The summed E-state index contributed by atoms with van der Waals surface area (Å²) in [6.07, 6.45) is 2.40. The minimum absolute atomic E-state index is 0.105. The standard InChI is InChI=1S/C28H25FN4O2/c1-28(2)16-21-25(27(35)33-28)24(18-6-4-3-5-7-18)26(31-21)19-12-13-30-22(15-19)32-23(34)14-17-8-10-20(29)11-9-17/h3-13,15,31H,14,16H2,1-2H3,(H,33,35)(H,30,32,34). The van der Waals surface area contributed by atoms with E-state index in [9.17, 15) is 14.0 Å². The van der Waals surface area contributed by atoms with Crippen LogP contribution in [-0.4, -0.2) is 27.3 Å². The maximum atomic E-state index is 13.1. The smallest absolute Gasteiger partial charge is 0.254 e. The third-order valence-corrected chi connectivity index (χ3v) is 6.03. The molecule has 0 aliphatic carbocycles. The predicted octanol–water partition coefficient (Wildman–Crippen LogP) is 5.13. The van der Waals surface area contributed by atoms with E-state index in [0.717, 1.165) is 28.1 Å². The van der Waals surface area contributed by atoms with E-state index in [1.165, 1.54) is 12.1 Å². The molecule has 0 spiro atoms. The molecule has 2 aromatic heterocycles. The van der Waals surface area contributed by atoms with Crippen LogP contribution in [0.1, 0.15) is 35.5 Å². The number of anilines is 1. The monoisotopic (exact) mass is 468 g/mol. The minimum atomic E-state index is -0.363. The third-order valence-electron chi connectivity index (χ3n) is 6.03. The van der Waals surface area contributed by atoms with Crippen molar-refractivity contribution in [3.8, 4) is 22.4 Å². The molecule has 3 N–H and O–H groups in total. The van der Waals surface area contributed by atoms with Gasteiger partial charge in [-0.25, -0.2) is 9.37 Å². The zero-order valence-electron chi connectivity index (χ0n) is 19.5. The van der Waals surface area contributed by atoms with Crippen LogP contribution in [0.2, 0.25) is 0 Å². The Kier molecular flexibility index (Phi) is 5.68. The van der Waals surface area contributed by atoms with Crippen LogP contribution >= 0.6 is 0 Å². The van der Waals surface area contributed by atoms with Gasteiger partial charge in [0.05, 0.1) is 17.7 Å². The number of amides is 2. The molecule has 2 amide bonds. The number of nitrogens with zero attached hydrogens (tertiary/aromatic N) is 1. The van der Waals surface area contributed by atoms with E-state index >= 15 is 0 Å². The lowest BCUT2D eigenvalue weighted by molar-refractivity contribution is -0.115. The Balaban J connectivity index is 1.50. The Morgan fingerprint density at radius 1 is 1.03 bits per heavy atom. The molecule has 6 nitrogen and oxygen atoms in total. The van der Waals surface area contributed by atoms with Gasteiger partial charge >= 0.3 is 0 Å². The first-order chi connectivity index (χ1) is 16.8. The Hall–Kier alpha value is -4.26. The molecule has 3 heterocycles. The topological polar surface area (TPSA) is 86.9 Å². The van der Waals surface area contributed by atoms with Crippen LogP contribution < -0.4 is 10.6 Å². The number of benzene rings is 2. The van der Waals surface area contributed by atoms with Gasteiger partial charge in [-0.05, 0) is 49.2 Å². The number of pyridine rings is 1. The summed E-state index contributed by atoms with van der Waals surface area (Å²) in [6.45, 7) is 4.00. The maximum Gasteiger partial charge on any atom is 0.254 e. The SMILES string of the molecule is CC1(C)Cc2[nH]c(-c3ccnc(NC(=O)Cc4ccc(F)cc4)c3)c(-c3ccccc3)c2C(=O)N1. The Morgan fingerprint density at radius 3 is 2.51 bits per heavy atom. The first kappa shape index (κ1) is 22.5. The molecule has 7 heteroatoms. The number of carbonyl (C=O) groups is 2. The molecular formula is C28H25FN4O2. The van der Waals surface area contributed by atoms with Crippen LogP contribution in [0.15, 0.2) is 72.9 Å². The van der Waals surface area contributed by atoms with Crippen LogP contribution in [0.5, 0.6) is 0 Å². The minimum Gasteiger partial charge on any atom is -0.357 e. The van der Waals surface area contributed by atoms with Crippen molar-refractivity contribution < 1.29 is 14.0 Å². The first-order valence-corrected chi connectivity index (χ1v) is 11.4. The van der Waals surface area contributed by atoms with Gasteiger partial charge in [-0.3, -0.25) is 9.59 Å². The molecule has 1 aliphatic heterocycles. The number of hydrogen-bond donors (Lipinski definition) is 3. The number of rotatable bonds is 5. The van der Waals surface area contributed by atoms with Crippen molar-refractivity contribution in [1.82, 2.24) is 15.3 Å². The van der Waals surface area contributed by atoms with Crippen molar-refractivity contribution in [3.63, 3.8) is 0 Å². The molecule has 0 bridgehead atoms. The lowest BCUT2D eigenvalue weighted by Gasteiger charge is -2.30. The van der Waals surface area contributed by atoms with Gasteiger partial charge in [0.1, 0.15) is 11.6 Å². The third kappa shape index (κ3) is 4.71. The number of nitrogens with one attached hydrogen (secondary N) is 3. The summed E-state index contributed by atoms with van der Waals surface area (Å²) in [6, 6.07) is 19.2. The number of H-pyrrole nitrogens is 1. The van der Waals surface area contributed by atoms with Crippen molar-refractivity contribution in [3.05, 3.63) is 95.6 Å². The maximum absolute atomic E-state index is 13.1. The zero-order valence-corrected chi connectivity index (χ0v) is 19.5. The van der Waals surface area contributed by atoms with Gasteiger partial charge in [0, 0.05) is 35.0 Å². The Morgan fingerprint density at radius 2 is 1.77 bits per heavy atom. The summed E-state index contributed by atoms with van der Waals surface area (Å²) in [5.41, 5.74) is 5.21. The summed E-state index contributed by atoms with van der Waals surface area (Å²) in [5.74, 6) is -0.314. The van der Waals surface area contributed by atoms with Gasteiger partial charge in [-0.15, -0.1) is 0 Å². The van der Waals surface area contributed by atoms with Crippen molar-refractivity contribution in [2.45, 2.75) is 32.2 Å². The van der Waals surface area contributed by atoms with Crippen molar-refractivity contribution in [2.75, 3.05) is 5.32 Å². The second-order valence-electron chi connectivity index (χ2n) is 9.39. The fourth-order valence-electron chi connectivity index (χ4n) is 4.53. The molecule has 176 valence electrons. The fourth-order valence-corrected chi connectivity index (χ4v) is 4.53. The molecule has 0 unspecified atom stereocenters. The summed E-state index contributed by atoms with van der Waals surface area (Å²) in [7, 11) is 0. The van der Waals surface area contributed by atoms with E-state index in [4.69, 9.17) is 0 Å². The lowest BCUT2D eigenvalue weighted by Crippen LogP contribution is -2.49. The van der Waals surface area contributed by atoms with Gasteiger partial charge in [0.2, 0.25) is 5.91 Å². The molecule has 0 saturated heterocycles. The van der Waals surface area contributed by atoms with E-state index in [0.29, 0.717) is 23.4 Å².